The minimum atomic E-state index is -0.833. The molecule has 0 amide bonds. The van der Waals surface area contributed by atoms with E-state index in [4.69, 9.17) is 44.2 Å². The lowest BCUT2D eigenvalue weighted by Crippen LogP contribution is -2.13. The number of hydrogen-bond donors (Lipinski definition) is 3. The van der Waals surface area contributed by atoms with Gasteiger partial charge in [-0.2, -0.15) is 0 Å². The molecule has 0 fully saturated rings. The van der Waals surface area contributed by atoms with Crippen LogP contribution in [0.1, 0.15) is 12.5 Å². The maximum absolute atomic E-state index is 9.00. The Hall–Kier alpha value is -1.66. The van der Waals surface area contributed by atoms with E-state index < -0.39 is 5.97 Å². The Morgan fingerprint density at radius 3 is 2.67 bits per heavy atom. The van der Waals surface area contributed by atoms with Crippen LogP contribution in [0.3, 0.4) is 0 Å². The van der Waals surface area contributed by atoms with E-state index in [0.29, 0.717) is 10.6 Å². The van der Waals surface area contributed by atoms with Crippen LogP contribution in [0.25, 0.3) is 0 Å². The molecule has 8 heteroatoms. The van der Waals surface area contributed by atoms with Gasteiger partial charge in [0.1, 0.15) is 11.0 Å². The first-order valence-electron chi connectivity index (χ1n) is 4.66. The second kappa shape index (κ2) is 8.43. The number of nitrogens with two attached hydrogens (primary N) is 1. The van der Waals surface area contributed by atoms with Crippen molar-refractivity contribution >= 4 is 41.2 Å². The zero-order chi connectivity index (χ0) is 14.1. The molecule has 0 saturated heterocycles. The van der Waals surface area contributed by atoms with Crippen LogP contribution >= 0.6 is 23.2 Å². The fraction of sp³-hybridized carbons (Fsp3) is 0.200. The molecule has 0 radical (unpaired) electrons. The molecule has 0 aliphatic carbocycles. The molecule has 18 heavy (non-hydrogen) atoms. The van der Waals surface area contributed by atoms with Gasteiger partial charge in [0.05, 0.1) is 11.6 Å². The van der Waals surface area contributed by atoms with Crippen LogP contribution in [0.15, 0.2) is 17.3 Å². The molecule has 98 valence electrons. The SMILES string of the molecule is CC(=O)O.N=C(N)CN=Cc1c(Cl)ccnc1Cl. The van der Waals surface area contributed by atoms with E-state index in [1.54, 1.807) is 6.07 Å². The van der Waals surface area contributed by atoms with Crippen LogP contribution in [-0.2, 0) is 4.79 Å². The van der Waals surface area contributed by atoms with Crippen molar-refractivity contribution in [2.45, 2.75) is 6.92 Å². The van der Waals surface area contributed by atoms with Gasteiger partial charge < -0.3 is 10.8 Å². The van der Waals surface area contributed by atoms with Crippen molar-refractivity contribution < 1.29 is 9.90 Å². The molecule has 0 saturated carbocycles. The Morgan fingerprint density at radius 1 is 1.67 bits per heavy atom. The van der Waals surface area contributed by atoms with Gasteiger partial charge in [-0.05, 0) is 6.07 Å². The minimum absolute atomic E-state index is 0.0163. The van der Waals surface area contributed by atoms with E-state index in [0.717, 1.165) is 6.92 Å². The van der Waals surface area contributed by atoms with Gasteiger partial charge in [-0.3, -0.25) is 15.2 Å². The van der Waals surface area contributed by atoms with E-state index in [1.807, 2.05) is 0 Å². The Labute approximate surface area is 114 Å². The number of carboxylic acid groups (broad SMARTS) is 1. The number of aromatic nitrogens is 1. The third-order valence-corrected chi connectivity index (χ3v) is 2.00. The number of carboxylic acids is 1. The summed E-state index contributed by atoms with van der Waals surface area (Å²) in [6, 6.07) is 1.61. The van der Waals surface area contributed by atoms with Crippen molar-refractivity contribution in [3.05, 3.63) is 28.0 Å². The highest BCUT2D eigenvalue weighted by Crippen LogP contribution is 2.19. The van der Waals surface area contributed by atoms with Crippen molar-refractivity contribution in [3.63, 3.8) is 0 Å². The predicted octanol–water partition coefficient (Wildman–Crippen LogP) is 1.83. The van der Waals surface area contributed by atoms with Crippen molar-refractivity contribution in [1.82, 2.24) is 4.98 Å². The second-order valence-corrected chi connectivity index (χ2v) is 3.78. The molecule has 0 unspecified atom stereocenters. The lowest BCUT2D eigenvalue weighted by Gasteiger charge is -1.98. The van der Waals surface area contributed by atoms with Crippen LogP contribution in [0.2, 0.25) is 10.2 Å². The smallest absolute Gasteiger partial charge is 0.300 e. The first kappa shape index (κ1) is 16.3. The molecule has 0 aromatic carbocycles. The standard InChI is InChI=1S/C8H8Cl2N4.C2H4O2/c9-6-1-2-14-8(10)5(6)3-13-4-7(11)12;1-2(3)4/h1-3H,4H2,(H3,11,12);1H3,(H,3,4). The first-order valence-corrected chi connectivity index (χ1v) is 5.42. The maximum Gasteiger partial charge on any atom is 0.300 e. The minimum Gasteiger partial charge on any atom is -0.481 e. The first-order chi connectivity index (χ1) is 8.34. The van der Waals surface area contributed by atoms with Gasteiger partial charge >= 0.3 is 0 Å². The summed E-state index contributed by atoms with van der Waals surface area (Å²) in [4.78, 5) is 16.7. The number of hydrogen-bond acceptors (Lipinski definition) is 4. The van der Waals surface area contributed by atoms with E-state index in [9.17, 15) is 0 Å². The molecule has 0 aliphatic heterocycles. The molecule has 1 rings (SSSR count). The number of amidine groups is 1. The zero-order valence-electron chi connectivity index (χ0n) is 9.52. The highest BCUT2D eigenvalue weighted by molar-refractivity contribution is 6.37. The normalized spacial score (nSPS) is 9.72. The lowest BCUT2D eigenvalue weighted by atomic mass is 10.3. The van der Waals surface area contributed by atoms with Crippen LogP contribution < -0.4 is 5.73 Å². The van der Waals surface area contributed by atoms with Gasteiger partial charge in [0, 0.05) is 24.9 Å². The summed E-state index contributed by atoms with van der Waals surface area (Å²) in [6.07, 6.45) is 2.96. The molecule has 1 heterocycles. The highest BCUT2D eigenvalue weighted by Gasteiger charge is 2.02. The van der Waals surface area contributed by atoms with Gasteiger partial charge in [0.15, 0.2) is 0 Å². The number of aliphatic carboxylic acids is 1. The third kappa shape index (κ3) is 7.59. The van der Waals surface area contributed by atoms with E-state index in [2.05, 4.69) is 9.98 Å². The van der Waals surface area contributed by atoms with Crippen LogP contribution in [0, 0.1) is 5.41 Å². The lowest BCUT2D eigenvalue weighted by molar-refractivity contribution is -0.134. The summed E-state index contributed by atoms with van der Waals surface area (Å²) >= 11 is 11.6. The predicted molar refractivity (Wildman–Crippen MR) is 71.9 cm³/mol. The van der Waals surface area contributed by atoms with Gasteiger partial charge in [-0.15, -0.1) is 0 Å². The second-order valence-electron chi connectivity index (χ2n) is 3.01. The molecule has 4 N–H and O–H groups in total. The number of halogens is 2. The fourth-order valence-corrected chi connectivity index (χ4v) is 1.23. The highest BCUT2D eigenvalue weighted by atomic mass is 35.5. The number of rotatable bonds is 3. The molecule has 6 nitrogen and oxygen atoms in total. The topological polar surface area (TPSA) is 112 Å². The van der Waals surface area contributed by atoms with Crippen molar-refractivity contribution in [3.8, 4) is 0 Å². The molecule has 1 aromatic rings. The molecule has 0 atom stereocenters. The van der Waals surface area contributed by atoms with E-state index in [-0.39, 0.29) is 17.5 Å². The maximum atomic E-state index is 9.00. The zero-order valence-corrected chi connectivity index (χ0v) is 11.0. The van der Waals surface area contributed by atoms with E-state index in [1.165, 1.54) is 12.4 Å². The summed E-state index contributed by atoms with van der Waals surface area (Å²) in [7, 11) is 0. The molecule has 0 aliphatic rings. The molecule has 0 bridgehead atoms. The van der Waals surface area contributed by atoms with Gasteiger partial charge in [0.2, 0.25) is 0 Å². The average molecular weight is 291 g/mol. The summed E-state index contributed by atoms with van der Waals surface area (Å²) in [5.74, 6) is -0.850. The van der Waals surface area contributed by atoms with Crippen molar-refractivity contribution in [2.75, 3.05) is 6.54 Å². The van der Waals surface area contributed by atoms with Crippen LogP contribution in [0.4, 0.5) is 0 Å². The third-order valence-electron chi connectivity index (χ3n) is 1.37. The van der Waals surface area contributed by atoms with Gasteiger partial charge in [-0.25, -0.2) is 4.98 Å². The number of pyridine rings is 1. The van der Waals surface area contributed by atoms with Gasteiger partial charge in [0.25, 0.3) is 5.97 Å². The Balaban J connectivity index is 0.000000631. The fourth-order valence-electron chi connectivity index (χ4n) is 0.776. The summed E-state index contributed by atoms with van der Waals surface area (Å²) in [6.45, 7) is 1.21. The summed E-state index contributed by atoms with van der Waals surface area (Å²) in [5, 5.41) is 15.1. The Kier molecular flexibility index (Phi) is 7.66. The largest absolute Gasteiger partial charge is 0.481 e. The van der Waals surface area contributed by atoms with E-state index >= 15 is 0 Å². The number of carbonyl (C=O) groups is 1. The monoisotopic (exact) mass is 290 g/mol. The quantitative estimate of drug-likeness (QED) is 0.448. The number of aliphatic imine (C=N–C) groups is 1. The van der Waals surface area contributed by atoms with Gasteiger partial charge in [-0.1, -0.05) is 23.2 Å². The Bertz CT molecular complexity index is 439. The summed E-state index contributed by atoms with van der Waals surface area (Å²) in [5.41, 5.74) is 5.66. The van der Waals surface area contributed by atoms with Crippen LogP contribution in [0.5, 0.6) is 0 Å². The number of nitrogens with zero attached hydrogens (tertiary/aromatic N) is 2. The molecule has 0 spiro atoms. The van der Waals surface area contributed by atoms with Crippen molar-refractivity contribution in [1.29, 1.82) is 5.41 Å². The number of nitrogens with one attached hydrogen (secondary N) is 1. The van der Waals surface area contributed by atoms with Crippen LogP contribution in [-0.4, -0.2) is 34.7 Å². The average Bonchev–Trinajstić information content (AvgIpc) is 2.21. The molecular weight excluding hydrogens is 279 g/mol. The Morgan fingerprint density at radius 2 is 2.22 bits per heavy atom. The molecule has 1 aromatic heterocycles. The molecular formula is C10H12Cl2N4O2. The summed E-state index contributed by atoms with van der Waals surface area (Å²) < 4.78 is 0. The van der Waals surface area contributed by atoms with Crippen molar-refractivity contribution in [2.24, 2.45) is 10.7 Å².